The minimum Gasteiger partial charge on any atom is -0.467 e. The van der Waals surface area contributed by atoms with Crippen molar-refractivity contribution < 1.29 is 18.3 Å². The van der Waals surface area contributed by atoms with E-state index in [0.717, 1.165) is 11.3 Å². The highest BCUT2D eigenvalue weighted by molar-refractivity contribution is 5.82. The number of hydrogen-bond acceptors (Lipinski definition) is 4. The fraction of sp³-hybridized carbons (Fsp3) is 0.316. The van der Waals surface area contributed by atoms with Crippen LogP contribution in [0.2, 0.25) is 0 Å². The number of nitrogens with zero attached hydrogens (tertiary/aromatic N) is 1. The lowest BCUT2D eigenvalue weighted by molar-refractivity contribution is -0.147. The highest BCUT2D eigenvalue weighted by Crippen LogP contribution is 2.43. The first-order valence-corrected chi connectivity index (χ1v) is 8.10. The van der Waals surface area contributed by atoms with Crippen LogP contribution in [0.1, 0.15) is 31.2 Å². The first-order chi connectivity index (χ1) is 11.7. The molecule has 0 radical (unpaired) electrons. The van der Waals surface area contributed by atoms with E-state index >= 15 is 0 Å². The fourth-order valence-electron chi connectivity index (χ4n) is 3.18. The number of esters is 1. The maximum Gasteiger partial charge on any atom is 0.315 e. The van der Waals surface area contributed by atoms with Crippen molar-refractivity contribution in [3.63, 3.8) is 0 Å². The summed E-state index contributed by atoms with van der Waals surface area (Å²) in [4.78, 5) is 14.5. The normalized spacial score (nSPS) is 20.1. The Labute approximate surface area is 140 Å². The molecule has 2 atom stereocenters. The first kappa shape index (κ1) is 16.3. The van der Waals surface area contributed by atoms with Crippen LogP contribution in [-0.4, -0.2) is 24.0 Å². The Bertz CT molecular complexity index is 722. The number of carbonyl (C=O) groups is 1. The van der Waals surface area contributed by atoms with Crippen LogP contribution in [0.15, 0.2) is 53.2 Å². The van der Waals surface area contributed by atoms with Crippen LogP contribution in [0.3, 0.4) is 0 Å². The first-order valence-electron chi connectivity index (χ1n) is 8.10. The average Bonchev–Trinajstić information content (AvgIpc) is 3.22. The number of halogens is 1. The third-order valence-electron chi connectivity index (χ3n) is 4.20. The van der Waals surface area contributed by atoms with E-state index < -0.39 is 5.92 Å². The standard InChI is InChI=1S/C19H20FNO3/c1-3-21-16(13-7-9-14(20)10-8-13)12-15(19(22)23-4-2)18(21)17-6-5-11-24-17/h5-12,15,18H,3-4H2,1-2H3/t15-,18+/m0/s1. The van der Waals surface area contributed by atoms with E-state index in [9.17, 15) is 9.18 Å². The number of carbonyl (C=O) groups excluding carboxylic acids is 1. The van der Waals surface area contributed by atoms with Crippen molar-refractivity contribution in [2.24, 2.45) is 5.92 Å². The number of rotatable bonds is 5. The minimum atomic E-state index is -0.462. The van der Waals surface area contributed by atoms with Gasteiger partial charge in [-0.3, -0.25) is 4.79 Å². The predicted molar refractivity (Wildman–Crippen MR) is 88.3 cm³/mol. The van der Waals surface area contributed by atoms with Gasteiger partial charge in [0, 0.05) is 12.2 Å². The van der Waals surface area contributed by atoms with Crippen LogP contribution in [-0.2, 0) is 9.53 Å². The maximum atomic E-state index is 13.2. The Morgan fingerprint density at radius 2 is 2.00 bits per heavy atom. The number of hydrogen-bond donors (Lipinski definition) is 0. The van der Waals surface area contributed by atoms with Gasteiger partial charge in [0.15, 0.2) is 0 Å². The van der Waals surface area contributed by atoms with Gasteiger partial charge in [-0.05, 0) is 49.8 Å². The molecular formula is C19H20FNO3. The van der Waals surface area contributed by atoms with E-state index in [4.69, 9.17) is 9.15 Å². The van der Waals surface area contributed by atoms with Gasteiger partial charge in [0.1, 0.15) is 23.5 Å². The van der Waals surface area contributed by atoms with Crippen molar-refractivity contribution >= 4 is 11.7 Å². The molecule has 0 amide bonds. The van der Waals surface area contributed by atoms with Crippen LogP contribution in [0, 0.1) is 11.7 Å². The van der Waals surface area contributed by atoms with Crippen molar-refractivity contribution in [3.05, 3.63) is 65.9 Å². The quantitative estimate of drug-likeness (QED) is 0.777. The number of furan rings is 1. The van der Waals surface area contributed by atoms with E-state index in [1.807, 2.05) is 19.1 Å². The van der Waals surface area contributed by atoms with Crippen molar-refractivity contribution in [2.45, 2.75) is 19.9 Å². The van der Waals surface area contributed by atoms with Gasteiger partial charge in [-0.25, -0.2) is 4.39 Å². The summed E-state index contributed by atoms with van der Waals surface area (Å²) in [6.07, 6.45) is 3.49. The second kappa shape index (κ2) is 6.91. The smallest absolute Gasteiger partial charge is 0.315 e. The summed E-state index contributed by atoms with van der Waals surface area (Å²) in [5, 5.41) is 0. The molecule has 0 unspecified atom stereocenters. The SMILES string of the molecule is CCOC(=O)[C@H]1C=C(c2ccc(F)cc2)N(CC)[C@H]1c1ccco1. The van der Waals surface area contributed by atoms with Gasteiger partial charge in [-0.1, -0.05) is 12.1 Å². The summed E-state index contributed by atoms with van der Waals surface area (Å²) in [5.74, 6) is -0.321. The lowest BCUT2D eigenvalue weighted by atomic mass is 9.99. The van der Waals surface area contributed by atoms with Crippen LogP contribution in [0.4, 0.5) is 4.39 Å². The predicted octanol–water partition coefficient (Wildman–Crippen LogP) is 4.02. The molecule has 0 fully saturated rings. The van der Waals surface area contributed by atoms with Crippen LogP contribution < -0.4 is 0 Å². The van der Waals surface area contributed by atoms with Crippen LogP contribution in [0.25, 0.3) is 5.70 Å². The van der Waals surface area contributed by atoms with E-state index in [0.29, 0.717) is 18.9 Å². The van der Waals surface area contributed by atoms with E-state index in [2.05, 4.69) is 4.90 Å². The number of benzene rings is 1. The molecule has 3 rings (SSSR count). The summed E-state index contributed by atoms with van der Waals surface area (Å²) < 4.78 is 24.0. The molecule has 2 aromatic rings. The third-order valence-corrected chi connectivity index (χ3v) is 4.20. The largest absolute Gasteiger partial charge is 0.467 e. The summed E-state index contributed by atoms with van der Waals surface area (Å²) in [6, 6.07) is 9.69. The topological polar surface area (TPSA) is 42.7 Å². The van der Waals surface area contributed by atoms with Gasteiger partial charge in [-0.15, -0.1) is 0 Å². The molecule has 1 aliphatic heterocycles. The molecule has 0 saturated heterocycles. The highest BCUT2D eigenvalue weighted by Gasteiger charge is 2.41. The molecule has 126 valence electrons. The Balaban J connectivity index is 2.02. The van der Waals surface area contributed by atoms with Crippen molar-refractivity contribution in [3.8, 4) is 0 Å². The molecule has 24 heavy (non-hydrogen) atoms. The van der Waals surface area contributed by atoms with Gasteiger partial charge in [-0.2, -0.15) is 0 Å². The Kier molecular flexibility index (Phi) is 4.69. The van der Waals surface area contributed by atoms with Gasteiger partial charge in [0.2, 0.25) is 0 Å². The van der Waals surface area contributed by atoms with Gasteiger partial charge >= 0.3 is 5.97 Å². The van der Waals surface area contributed by atoms with E-state index in [1.165, 1.54) is 12.1 Å². The lowest BCUT2D eigenvalue weighted by Gasteiger charge is -2.29. The minimum absolute atomic E-state index is 0.260. The Morgan fingerprint density at radius 1 is 1.25 bits per heavy atom. The van der Waals surface area contributed by atoms with Gasteiger partial charge < -0.3 is 14.1 Å². The van der Waals surface area contributed by atoms with Gasteiger partial charge in [0.05, 0.1) is 12.9 Å². The molecule has 1 aromatic carbocycles. The van der Waals surface area contributed by atoms with Crippen LogP contribution in [0.5, 0.6) is 0 Å². The molecule has 1 aliphatic rings. The molecular weight excluding hydrogens is 309 g/mol. The highest BCUT2D eigenvalue weighted by atomic mass is 19.1. The molecule has 4 nitrogen and oxygen atoms in total. The zero-order valence-corrected chi connectivity index (χ0v) is 13.7. The van der Waals surface area contributed by atoms with Crippen molar-refractivity contribution in [2.75, 3.05) is 13.2 Å². The molecule has 0 spiro atoms. The summed E-state index contributed by atoms with van der Waals surface area (Å²) in [6.45, 7) is 4.81. The summed E-state index contributed by atoms with van der Waals surface area (Å²) >= 11 is 0. The molecule has 0 saturated carbocycles. The molecule has 5 heteroatoms. The molecule has 1 aromatic heterocycles. The van der Waals surface area contributed by atoms with E-state index in [1.54, 1.807) is 31.4 Å². The van der Waals surface area contributed by atoms with Crippen molar-refractivity contribution in [1.82, 2.24) is 4.90 Å². The van der Waals surface area contributed by atoms with Gasteiger partial charge in [0.25, 0.3) is 0 Å². The third kappa shape index (κ3) is 2.94. The van der Waals surface area contributed by atoms with E-state index in [-0.39, 0.29) is 17.8 Å². The lowest BCUT2D eigenvalue weighted by Crippen LogP contribution is -2.30. The molecule has 2 heterocycles. The monoisotopic (exact) mass is 329 g/mol. The Morgan fingerprint density at radius 3 is 2.58 bits per heavy atom. The average molecular weight is 329 g/mol. The molecule has 0 bridgehead atoms. The molecule has 0 N–H and O–H groups in total. The second-order valence-corrected chi connectivity index (χ2v) is 5.58. The second-order valence-electron chi connectivity index (χ2n) is 5.58. The van der Waals surface area contributed by atoms with Crippen molar-refractivity contribution in [1.29, 1.82) is 0 Å². The zero-order valence-electron chi connectivity index (χ0n) is 13.7. The maximum absolute atomic E-state index is 13.2. The zero-order chi connectivity index (χ0) is 17.1. The number of ether oxygens (including phenoxy) is 1. The summed E-state index contributed by atoms with van der Waals surface area (Å²) in [7, 11) is 0. The summed E-state index contributed by atoms with van der Waals surface area (Å²) in [5.41, 5.74) is 1.75. The van der Waals surface area contributed by atoms with Crippen LogP contribution >= 0.6 is 0 Å². The fourth-order valence-corrected chi connectivity index (χ4v) is 3.18. The Hall–Kier alpha value is -2.56. The molecule has 0 aliphatic carbocycles.